The van der Waals surface area contributed by atoms with E-state index in [4.69, 9.17) is 0 Å². The predicted molar refractivity (Wildman–Crippen MR) is 267 cm³/mol. The summed E-state index contributed by atoms with van der Waals surface area (Å²) in [7, 11) is 0. The topological polar surface area (TPSA) is 0 Å². The Morgan fingerprint density at radius 1 is 0.290 bits per heavy atom. The van der Waals surface area contributed by atoms with Gasteiger partial charge in [-0.2, -0.15) is 0 Å². The zero-order valence-electron chi connectivity index (χ0n) is 40.2. The van der Waals surface area contributed by atoms with Gasteiger partial charge in [-0.1, -0.05) is 243 Å². The first-order chi connectivity index (χ1) is 29.0. The standard InChI is InChI=1S/C62H70/c1-57(2,3)41-26-30-47-51(35-41)52-36-42(58(4,5)6)27-31-48(52)55(47)61(13,39-20-15-16-21-39)45-24-19-25-46(34-45)62(14,40-22-17-18-23-40)56-49-32-28-43(59(7,8)9)37-53(49)54-38-44(60(10,11)12)29-33-50(54)56/h15-40,55-56H,1-14H3. The van der Waals surface area contributed by atoms with E-state index in [2.05, 4.69) is 243 Å². The van der Waals surface area contributed by atoms with Crippen LogP contribution in [0.4, 0.5) is 0 Å². The summed E-state index contributed by atoms with van der Waals surface area (Å²) in [5.41, 5.74) is 19.5. The van der Waals surface area contributed by atoms with E-state index in [1.54, 1.807) is 0 Å². The van der Waals surface area contributed by atoms with Crippen molar-refractivity contribution >= 4 is 0 Å². The molecule has 0 spiro atoms. The summed E-state index contributed by atoms with van der Waals surface area (Å²) in [5.74, 6) is 0.784. The Balaban J connectivity index is 1.27. The van der Waals surface area contributed by atoms with Crippen LogP contribution in [-0.2, 0) is 32.5 Å². The summed E-state index contributed by atoms with van der Waals surface area (Å²) >= 11 is 0. The number of benzene rings is 5. The van der Waals surface area contributed by atoms with Gasteiger partial charge in [0.1, 0.15) is 0 Å². The lowest BCUT2D eigenvalue weighted by atomic mass is 9.58. The molecular weight excluding hydrogens is 745 g/mol. The zero-order chi connectivity index (χ0) is 44.4. The first-order valence-corrected chi connectivity index (χ1v) is 23.4. The molecule has 0 saturated carbocycles. The highest BCUT2D eigenvalue weighted by molar-refractivity contribution is 5.83. The normalized spacial score (nSPS) is 18.5. The van der Waals surface area contributed by atoms with Gasteiger partial charge in [-0.25, -0.2) is 0 Å². The molecule has 0 heterocycles. The molecular formula is C62H70. The maximum absolute atomic E-state index is 2.65. The van der Waals surface area contributed by atoms with E-state index >= 15 is 0 Å². The molecule has 0 aromatic heterocycles. The summed E-state index contributed by atoms with van der Waals surface area (Å²) in [6.07, 6.45) is 18.9. The van der Waals surface area contributed by atoms with E-state index in [1.165, 1.54) is 77.9 Å². The van der Waals surface area contributed by atoms with Crippen molar-refractivity contribution in [3.63, 3.8) is 0 Å². The molecule has 0 N–H and O–H groups in total. The smallest absolute Gasteiger partial charge is 0.0205 e. The van der Waals surface area contributed by atoms with Crippen LogP contribution in [0.2, 0.25) is 0 Å². The van der Waals surface area contributed by atoms with Crippen molar-refractivity contribution in [3.05, 3.63) is 201 Å². The highest BCUT2D eigenvalue weighted by Gasteiger charge is 2.51. The molecule has 4 aliphatic carbocycles. The van der Waals surface area contributed by atoms with Crippen LogP contribution in [0.3, 0.4) is 0 Å². The predicted octanol–water partition coefficient (Wildman–Crippen LogP) is 16.5. The molecule has 0 fully saturated rings. The molecule has 4 aliphatic rings. The highest BCUT2D eigenvalue weighted by atomic mass is 14.5. The minimum Gasteiger partial charge on any atom is -0.0767 e. The molecule has 0 saturated heterocycles. The molecule has 0 radical (unpaired) electrons. The van der Waals surface area contributed by atoms with Crippen molar-refractivity contribution in [2.24, 2.45) is 11.8 Å². The second-order valence-electron chi connectivity index (χ2n) is 23.8. The van der Waals surface area contributed by atoms with Crippen LogP contribution in [0.1, 0.15) is 164 Å². The van der Waals surface area contributed by atoms with Gasteiger partial charge in [0, 0.05) is 34.5 Å². The minimum atomic E-state index is -0.275. The second-order valence-corrected chi connectivity index (χ2v) is 23.8. The van der Waals surface area contributed by atoms with Gasteiger partial charge >= 0.3 is 0 Å². The maximum atomic E-state index is 2.65. The fourth-order valence-corrected chi connectivity index (χ4v) is 11.6. The average molecular weight is 815 g/mol. The first-order valence-electron chi connectivity index (χ1n) is 23.4. The van der Waals surface area contributed by atoms with E-state index in [-0.39, 0.29) is 56.2 Å². The summed E-state index contributed by atoms with van der Waals surface area (Å²) in [6, 6.07) is 39.7. The van der Waals surface area contributed by atoms with Crippen LogP contribution in [0, 0.1) is 11.8 Å². The molecule has 0 aliphatic heterocycles. The van der Waals surface area contributed by atoms with Crippen molar-refractivity contribution in [2.45, 2.75) is 141 Å². The van der Waals surface area contributed by atoms with Crippen molar-refractivity contribution in [3.8, 4) is 22.3 Å². The van der Waals surface area contributed by atoms with E-state index in [0.29, 0.717) is 0 Å². The Bertz CT molecular complexity index is 2380. The monoisotopic (exact) mass is 815 g/mol. The van der Waals surface area contributed by atoms with Gasteiger partial charge in [-0.3, -0.25) is 0 Å². The fourth-order valence-electron chi connectivity index (χ4n) is 11.6. The van der Waals surface area contributed by atoms with Gasteiger partial charge in [-0.15, -0.1) is 0 Å². The Hall–Kier alpha value is -4.94. The lowest BCUT2D eigenvalue weighted by Crippen LogP contribution is -2.39. The quantitative estimate of drug-likeness (QED) is 0.160. The Kier molecular flexibility index (Phi) is 9.76. The Labute approximate surface area is 375 Å². The molecule has 0 bridgehead atoms. The molecule has 0 nitrogen and oxygen atoms in total. The van der Waals surface area contributed by atoms with E-state index in [9.17, 15) is 0 Å². The number of rotatable bonds is 6. The van der Waals surface area contributed by atoms with E-state index in [0.717, 1.165) is 0 Å². The van der Waals surface area contributed by atoms with Gasteiger partial charge in [0.05, 0.1) is 0 Å². The maximum Gasteiger partial charge on any atom is 0.0205 e. The van der Waals surface area contributed by atoms with Gasteiger partial charge in [-0.05, 0) is 99.5 Å². The summed E-state index contributed by atoms with van der Waals surface area (Å²) in [6.45, 7) is 33.3. The van der Waals surface area contributed by atoms with Crippen LogP contribution in [0.15, 0.2) is 146 Å². The largest absolute Gasteiger partial charge is 0.0767 e. The number of hydrogen-bond donors (Lipinski definition) is 0. The van der Waals surface area contributed by atoms with Crippen molar-refractivity contribution in [2.75, 3.05) is 0 Å². The van der Waals surface area contributed by atoms with Gasteiger partial charge in [0.25, 0.3) is 0 Å². The molecule has 0 heteroatoms. The van der Waals surface area contributed by atoms with Gasteiger partial charge in [0.15, 0.2) is 0 Å². The number of hydrogen-bond acceptors (Lipinski definition) is 0. The summed E-state index contributed by atoms with van der Waals surface area (Å²) in [5, 5.41) is 0. The number of allylic oxidation sites excluding steroid dienone is 8. The number of fused-ring (bicyclic) bond motifs is 6. The molecule has 318 valence electrons. The highest BCUT2D eigenvalue weighted by Crippen LogP contribution is 2.61. The molecule has 2 unspecified atom stereocenters. The molecule has 5 aromatic carbocycles. The molecule has 0 amide bonds. The van der Waals surface area contributed by atoms with E-state index < -0.39 is 0 Å². The SMILES string of the molecule is CC(C)(C)c1ccc2c(c1)-c1cc(C(C)(C)C)ccc1C2C(C)(c1cccc(C(C)(C2C=CC=C2)C2c3ccc(C(C)(C)C)cc3-c3cc(C(C)(C)C)ccc32)c1)C1C=CC=C1. The van der Waals surface area contributed by atoms with Gasteiger partial charge in [0.2, 0.25) is 0 Å². The van der Waals surface area contributed by atoms with Crippen LogP contribution < -0.4 is 0 Å². The third kappa shape index (κ3) is 6.69. The third-order valence-corrected chi connectivity index (χ3v) is 15.7. The van der Waals surface area contributed by atoms with Crippen LogP contribution >= 0.6 is 0 Å². The third-order valence-electron chi connectivity index (χ3n) is 15.7. The van der Waals surface area contributed by atoms with Crippen LogP contribution in [0.25, 0.3) is 22.3 Å². The zero-order valence-corrected chi connectivity index (χ0v) is 40.2. The Morgan fingerprint density at radius 2 is 0.548 bits per heavy atom. The Morgan fingerprint density at radius 3 is 0.790 bits per heavy atom. The molecule has 9 rings (SSSR count). The summed E-state index contributed by atoms with van der Waals surface area (Å²) in [4.78, 5) is 0. The fraction of sp³-hybridized carbons (Fsp3) is 0.387. The van der Waals surface area contributed by atoms with Crippen molar-refractivity contribution < 1.29 is 0 Å². The molecule has 2 atom stereocenters. The van der Waals surface area contributed by atoms with Crippen molar-refractivity contribution in [1.29, 1.82) is 0 Å². The second kappa shape index (κ2) is 14.3. The average Bonchev–Trinajstić information content (AvgIpc) is 4.04. The first kappa shape index (κ1) is 42.4. The van der Waals surface area contributed by atoms with Crippen LogP contribution in [-0.4, -0.2) is 0 Å². The molecule has 5 aromatic rings. The van der Waals surface area contributed by atoms with Crippen LogP contribution in [0.5, 0.6) is 0 Å². The van der Waals surface area contributed by atoms with E-state index in [1.807, 2.05) is 0 Å². The van der Waals surface area contributed by atoms with Crippen molar-refractivity contribution in [1.82, 2.24) is 0 Å². The summed E-state index contributed by atoms with van der Waals surface area (Å²) < 4.78 is 0. The lowest BCUT2D eigenvalue weighted by molar-refractivity contribution is 0.347. The minimum absolute atomic E-state index is 0.0527. The molecule has 62 heavy (non-hydrogen) atoms. The van der Waals surface area contributed by atoms with Gasteiger partial charge < -0.3 is 0 Å². The lowest BCUT2D eigenvalue weighted by Gasteiger charge is -2.44.